The van der Waals surface area contributed by atoms with Crippen molar-refractivity contribution in [1.29, 1.82) is 0 Å². The monoisotopic (exact) mass is 449 g/mol. The number of carbonyl (C=O) groups is 3. The van der Waals surface area contributed by atoms with E-state index >= 15 is 0 Å². The van der Waals surface area contributed by atoms with Crippen LogP contribution in [-0.4, -0.2) is 42.4 Å². The number of ether oxygens (including phenoxy) is 3. The maximum atomic E-state index is 12.5. The molecule has 0 fully saturated rings. The molecule has 180 valence electrons. The molecule has 0 saturated heterocycles. The summed E-state index contributed by atoms with van der Waals surface area (Å²) in [6.45, 7) is 13.0. The van der Waals surface area contributed by atoms with E-state index in [2.05, 4.69) is 5.32 Å². The van der Waals surface area contributed by atoms with Crippen molar-refractivity contribution in [3.05, 3.63) is 35.9 Å². The van der Waals surface area contributed by atoms with Crippen LogP contribution in [0.15, 0.2) is 30.3 Å². The maximum absolute atomic E-state index is 12.5. The van der Waals surface area contributed by atoms with Crippen LogP contribution in [0.1, 0.15) is 66.9 Å². The molecule has 0 aromatic heterocycles. The van der Waals surface area contributed by atoms with E-state index in [0.29, 0.717) is 12.8 Å². The molecule has 1 aromatic rings. The highest BCUT2D eigenvalue weighted by Gasteiger charge is 2.28. The van der Waals surface area contributed by atoms with Crippen LogP contribution >= 0.6 is 0 Å². The molecular formula is C25H39NO6. The number of alkyl carbamates (subject to hydrolysis) is 1. The molecular weight excluding hydrogens is 410 g/mol. The molecule has 0 aliphatic heterocycles. The number of rotatable bonds is 11. The highest BCUT2D eigenvalue weighted by Crippen LogP contribution is 2.17. The normalized spacial score (nSPS) is 14.2. The van der Waals surface area contributed by atoms with E-state index < -0.39 is 23.7 Å². The van der Waals surface area contributed by atoms with E-state index in [1.807, 2.05) is 58.0 Å². The maximum Gasteiger partial charge on any atom is 0.408 e. The van der Waals surface area contributed by atoms with Gasteiger partial charge in [-0.15, -0.1) is 0 Å². The topological polar surface area (TPSA) is 90.9 Å². The van der Waals surface area contributed by atoms with Crippen LogP contribution in [0.2, 0.25) is 0 Å². The third kappa shape index (κ3) is 10.6. The summed E-state index contributed by atoms with van der Waals surface area (Å²) in [6.07, 6.45) is 0.527. The lowest BCUT2D eigenvalue weighted by Crippen LogP contribution is -2.47. The van der Waals surface area contributed by atoms with E-state index in [0.717, 1.165) is 5.56 Å². The number of amides is 1. The molecule has 1 N–H and O–H groups in total. The van der Waals surface area contributed by atoms with Gasteiger partial charge in [0.25, 0.3) is 0 Å². The average Bonchev–Trinajstić information content (AvgIpc) is 2.69. The molecule has 0 aliphatic carbocycles. The van der Waals surface area contributed by atoms with Gasteiger partial charge in [-0.25, -0.2) is 9.59 Å². The molecule has 1 rings (SSSR count). The fourth-order valence-electron chi connectivity index (χ4n) is 3.13. The Labute approximate surface area is 192 Å². The fraction of sp³-hybridized carbons (Fsp3) is 0.640. The Morgan fingerprint density at radius 2 is 1.66 bits per heavy atom. The van der Waals surface area contributed by atoms with E-state index in [4.69, 9.17) is 14.2 Å². The smallest absolute Gasteiger partial charge is 0.408 e. The quantitative estimate of drug-likeness (QED) is 0.390. The molecule has 0 bridgehead atoms. The van der Waals surface area contributed by atoms with E-state index in [-0.39, 0.29) is 36.9 Å². The van der Waals surface area contributed by atoms with Gasteiger partial charge in [-0.3, -0.25) is 4.79 Å². The Morgan fingerprint density at radius 1 is 1.03 bits per heavy atom. The largest absolute Gasteiger partial charge is 0.464 e. The lowest BCUT2D eigenvalue weighted by Gasteiger charge is -2.25. The molecule has 0 spiro atoms. The molecule has 0 heterocycles. The van der Waals surface area contributed by atoms with Crippen molar-refractivity contribution in [3.8, 4) is 0 Å². The second-order valence-electron chi connectivity index (χ2n) is 9.40. The predicted octanol–water partition coefficient (Wildman–Crippen LogP) is 4.67. The van der Waals surface area contributed by atoms with Crippen LogP contribution in [0.3, 0.4) is 0 Å². The molecule has 32 heavy (non-hydrogen) atoms. The second-order valence-corrected chi connectivity index (χ2v) is 9.40. The third-order valence-corrected chi connectivity index (χ3v) is 4.92. The zero-order valence-corrected chi connectivity index (χ0v) is 20.5. The molecule has 1 aromatic carbocycles. The van der Waals surface area contributed by atoms with Crippen molar-refractivity contribution in [1.82, 2.24) is 5.32 Å². The molecule has 7 heteroatoms. The summed E-state index contributed by atoms with van der Waals surface area (Å²) in [5.74, 6) is -0.917. The molecule has 0 radical (unpaired) electrons. The van der Waals surface area contributed by atoms with Crippen molar-refractivity contribution in [2.75, 3.05) is 6.61 Å². The predicted molar refractivity (Wildman–Crippen MR) is 123 cm³/mol. The zero-order valence-electron chi connectivity index (χ0n) is 20.5. The Kier molecular flexibility index (Phi) is 11.2. The Morgan fingerprint density at radius 3 is 2.19 bits per heavy atom. The molecule has 0 aliphatic rings. The van der Waals surface area contributed by atoms with Gasteiger partial charge >= 0.3 is 18.0 Å². The molecule has 1 amide bonds. The van der Waals surface area contributed by atoms with Crippen molar-refractivity contribution < 1.29 is 28.6 Å². The number of carbonyl (C=O) groups excluding carboxylic acids is 3. The van der Waals surface area contributed by atoms with Gasteiger partial charge in [0.05, 0.1) is 13.0 Å². The Hall–Kier alpha value is -2.57. The fourth-order valence-corrected chi connectivity index (χ4v) is 3.13. The zero-order chi connectivity index (χ0) is 24.3. The summed E-state index contributed by atoms with van der Waals surface area (Å²) in [4.78, 5) is 36.8. The lowest BCUT2D eigenvalue weighted by atomic mass is 9.99. The first kappa shape index (κ1) is 27.5. The molecule has 1 unspecified atom stereocenters. The van der Waals surface area contributed by atoms with Crippen LogP contribution in [0.5, 0.6) is 0 Å². The van der Waals surface area contributed by atoms with Gasteiger partial charge in [0, 0.05) is 0 Å². The molecule has 0 saturated carbocycles. The summed E-state index contributed by atoms with van der Waals surface area (Å²) in [5.41, 5.74) is 0.254. The van der Waals surface area contributed by atoms with Gasteiger partial charge in [0.1, 0.15) is 17.7 Å². The number of benzene rings is 1. The number of esters is 2. The van der Waals surface area contributed by atoms with E-state index in [9.17, 15) is 14.4 Å². The van der Waals surface area contributed by atoms with Crippen LogP contribution in [0, 0.1) is 11.8 Å². The summed E-state index contributed by atoms with van der Waals surface area (Å²) >= 11 is 0. The van der Waals surface area contributed by atoms with E-state index in [1.165, 1.54) is 0 Å². The minimum Gasteiger partial charge on any atom is -0.464 e. The van der Waals surface area contributed by atoms with Crippen molar-refractivity contribution >= 4 is 18.0 Å². The van der Waals surface area contributed by atoms with Crippen molar-refractivity contribution in [3.63, 3.8) is 0 Å². The highest BCUT2D eigenvalue weighted by atomic mass is 16.6. The average molecular weight is 450 g/mol. The summed E-state index contributed by atoms with van der Waals surface area (Å²) in [5, 5.41) is 2.59. The first-order valence-corrected chi connectivity index (χ1v) is 11.3. The van der Waals surface area contributed by atoms with Gasteiger partial charge in [-0.1, -0.05) is 58.0 Å². The Bertz CT molecular complexity index is 726. The van der Waals surface area contributed by atoms with Gasteiger partial charge < -0.3 is 19.5 Å². The number of hydrogen-bond acceptors (Lipinski definition) is 6. The first-order valence-electron chi connectivity index (χ1n) is 11.3. The number of hydrogen-bond donors (Lipinski definition) is 1. The highest BCUT2D eigenvalue weighted by molar-refractivity contribution is 5.81. The summed E-state index contributed by atoms with van der Waals surface area (Å²) < 4.78 is 16.3. The summed E-state index contributed by atoms with van der Waals surface area (Å²) in [7, 11) is 0. The SMILES string of the molecule is CCC(OC(=O)Cc1ccccc1)[C@H](C)CCOC(=O)[C@@H](NC(=O)OC(C)(C)C)C(C)C. The standard InChI is InChI=1S/C25H39NO6/c1-8-20(31-21(27)16-19-12-10-9-11-13-19)18(4)14-15-30-23(28)22(17(2)3)26-24(29)32-25(5,6)7/h9-13,17-18,20,22H,8,14-16H2,1-7H3,(H,26,29)/t18-,20?,22+/m1/s1. The van der Waals surface area contributed by atoms with Crippen molar-refractivity contribution in [2.24, 2.45) is 11.8 Å². The minimum atomic E-state index is -0.800. The van der Waals surface area contributed by atoms with Gasteiger partial charge in [-0.05, 0) is 51.0 Å². The van der Waals surface area contributed by atoms with E-state index in [1.54, 1.807) is 20.8 Å². The van der Waals surface area contributed by atoms with Crippen LogP contribution in [0.25, 0.3) is 0 Å². The molecule has 3 atom stereocenters. The van der Waals surface area contributed by atoms with Crippen LogP contribution in [-0.2, 0) is 30.2 Å². The molecule has 7 nitrogen and oxygen atoms in total. The minimum absolute atomic E-state index is 0.0174. The number of nitrogens with one attached hydrogen (secondary N) is 1. The Balaban J connectivity index is 2.51. The second kappa shape index (κ2) is 13.1. The first-order chi connectivity index (χ1) is 14.9. The van der Waals surface area contributed by atoms with Gasteiger partial charge in [-0.2, -0.15) is 0 Å². The van der Waals surface area contributed by atoms with Crippen molar-refractivity contribution in [2.45, 2.75) is 85.5 Å². The summed E-state index contributed by atoms with van der Waals surface area (Å²) in [6, 6.07) is 8.66. The lowest BCUT2D eigenvalue weighted by molar-refractivity contribution is -0.153. The van der Waals surface area contributed by atoms with Gasteiger partial charge in [0.2, 0.25) is 0 Å². The van der Waals surface area contributed by atoms with Crippen LogP contribution < -0.4 is 5.32 Å². The van der Waals surface area contributed by atoms with Crippen LogP contribution in [0.4, 0.5) is 4.79 Å². The third-order valence-electron chi connectivity index (χ3n) is 4.92. The van der Waals surface area contributed by atoms with Gasteiger partial charge in [0.15, 0.2) is 0 Å².